The van der Waals surface area contributed by atoms with Crippen molar-refractivity contribution in [3.63, 3.8) is 0 Å². The number of carbonyl (C=O) groups is 1. The monoisotopic (exact) mass is 345 g/mol. The molecule has 22 heavy (non-hydrogen) atoms. The first-order valence-electron chi connectivity index (χ1n) is 7.21. The molecule has 2 aliphatic rings. The first kappa shape index (κ1) is 17.2. The van der Waals surface area contributed by atoms with Gasteiger partial charge < -0.3 is 10.6 Å². The van der Waals surface area contributed by atoms with Crippen molar-refractivity contribution < 1.29 is 13.2 Å². The molecule has 6 nitrogen and oxygen atoms in total. The maximum atomic E-state index is 12.7. The lowest BCUT2D eigenvalue weighted by Gasteiger charge is -2.22. The Labute approximate surface area is 136 Å². The molecular weight excluding hydrogens is 326 g/mol. The Kier molecular flexibility index (Phi) is 5.44. The molecule has 122 valence electrons. The third-order valence-electron chi connectivity index (χ3n) is 3.94. The standard InChI is InChI=1S/C14H19N3O3S.ClH/c18-14-13-10-12(3-2-11(13)4-6-16-14)21(19,20)17-8-1-5-15-7-9-17;/h2-3,10,15H,1,4-9H2,(H,16,18);1H. The summed E-state index contributed by atoms with van der Waals surface area (Å²) in [7, 11) is -3.53. The second-order valence-corrected chi connectivity index (χ2v) is 7.27. The Hall–Kier alpha value is -1.15. The first-order valence-corrected chi connectivity index (χ1v) is 8.65. The molecule has 0 unspecified atom stereocenters. The van der Waals surface area contributed by atoms with Gasteiger partial charge in [-0.25, -0.2) is 8.42 Å². The molecule has 2 N–H and O–H groups in total. The van der Waals surface area contributed by atoms with Gasteiger partial charge in [0.15, 0.2) is 0 Å². The topological polar surface area (TPSA) is 78.5 Å². The predicted octanol–water partition coefficient (Wildman–Crippen LogP) is 0.378. The number of halogens is 1. The zero-order valence-electron chi connectivity index (χ0n) is 12.2. The highest BCUT2D eigenvalue weighted by atomic mass is 35.5. The lowest BCUT2D eigenvalue weighted by Crippen LogP contribution is -2.35. The number of hydrogen-bond acceptors (Lipinski definition) is 4. The van der Waals surface area contributed by atoms with Gasteiger partial charge >= 0.3 is 0 Å². The summed E-state index contributed by atoms with van der Waals surface area (Å²) in [4.78, 5) is 12.1. The van der Waals surface area contributed by atoms with Gasteiger partial charge in [0.05, 0.1) is 4.90 Å². The van der Waals surface area contributed by atoms with E-state index in [0.29, 0.717) is 31.7 Å². The van der Waals surface area contributed by atoms with Crippen LogP contribution in [0.1, 0.15) is 22.3 Å². The Morgan fingerprint density at radius 2 is 1.91 bits per heavy atom. The molecular formula is C14H20ClN3O3S. The highest BCUT2D eigenvalue weighted by Gasteiger charge is 2.27. The van der Waals surface area contributed by atoms with Crippen LogP contribution in [0, 0.1) is 0 Å². The van der Waals surface area contributed by atoms with E-state index in [1.54, 1.807) is 12.1 Å². The van der Waals surface area contributed by atoms with Crippen LogP contribution in [-0.4, -0.2) is 51.4 Å². The van der Waals surface area contributed by atoms with E-state index in [0.717, 1.165) is 24.9 Å². The summed E-state index contributed by atoms with van der Waals surface area (Å²) in [6, 6.07) is 4.89. The molecule has 1 saturated heterocycles. The Bertz CT molecular complexity index is 655. The van der Waals surface area contributed by atoms with Gasteiger partial charge in [-0.05, 0) is 37.1 Å². The fourth-order valence-corrected chi connectivity index (χ4v) is 4.27. The van der Waals surface area contributed by atoms with Gasteiger partial charge in [-0.15, -0.1) is 12.4 Å². The van der Waals surface area contributed by atoms with Gasteiger partial charge in [-0.3, -0.25) is 4.79 Å². The van der Waals surface area contributed by atoms with E-state index < -0.39 is 10.0 Å². The van der Waals surface area contributed by atoms with Crippen molar-refractivity contribution in [3.8, 4) is 0 Å². The second-order valence-electron chi connectivity index (χ2n) is 5.33. The van der Waals surface area contributed by atoms with Crippen molar-refractivity contribution in [1.82, 2.24) is 14.9 Å². The van der Waals surface area contributed by atoms with Gasteiger partial charge in [-0.1, -0.05) is 6.07 Å². The third-order valence-corrected chi connectivity index (χ3v) is 5.84. The number of benzene rings is 1. The average molecular weight is 346 g/mol. The lowest BCUT2D eigenvalue weighted by atomic mass is 10.0. The zero-order chi connectivity index (χ0) is 14.9. The molecule has 1 aromatic rings. The molecule has 2 aliphatic heterocycles. The largest absolute Gasteiger partial charge is 0.352 e. The molecule has 1 aromatic carbocycles. The fraction of sp³-hybridized carbons (Fsp3) is 0.500. The van der Waals surface area contributed by atoms with Crippen molar-refractivity contribution in [1.29, 1.82) is 0 Å². The molecule has 0 saturated carbocycles. The van der Waals surface area contributed by atoms with Crippen LogP contribution in [0.15, 0.2) is 23.1 Å². The minimum absolute atomic E-state index is 0. The number of carbonyl (C=O) groups excluding carboxylic acids is 1. The van der Waals surface area contributed by atoms with Crippen molar-refractivity contribution in [2.45, 2.75) is 17.7 Å². The number of amides is 1. The molecule has 1 amide bonds. The van der Waals surface area contributed by atoms with Crippen molar-refractivity contribution >= 4 is 28.3 Å². The van der Waals surface area contributed by atoms with E-state index in [4.69, 9.17) is 0 Å². The molecule has 0 spiro atoms. The molecule has 2 heterocycles. The van der Waals surface area contributed by atoms with Gasteiger partial charge in [-0.2, -0.15) is 4.31 Å². The zero-order valence-corrected chi connectivity index (χ0v) is 13.8. The smallest absolute Gasteiger partial charge is 0.251 e. The number of fused-ring (bicyclic) bond motifs is 1. The summed E-state index contributed by atoms with van der Waals surface area (Å²) < 4.78 is 26.9. The summed E-state index contributed by atoms with van der Waals surface area (Å²) in [5, 5.41) is 5.94. The number of nitrogens with zero attached hydrogens (tertiary/aromatic N) is 1. The number of sulfonamides is 1. The fourth-order valence-electron chi connectivity index (χ4n) is 2.76. The van der Waals surface area contributed by atoms with Gasteiger partial charge in [0.25, 0.3) is 5.91 Å². The van der Waals surface area contributed by atoms with Crippen LogP contribution in [0.25, 0.3) is 0 Å². The minimum atomic E-state index is -3.53. The average Bonchev–Trinajstić information content (AvgIpc) is 2.77. The predicted molar refractivity (Wildman–Crippen MR) is 86.0 cm³/mol. The van der Waals surface area contributed by atoms with Crippen molar-refractivity contribution in [2.24, 2.45) is 0 Å². The molecule has 0 atom stereocenters. The first-order chi connectivity index (χ1) is 10.1. The molecule has 8 heteroatoms. The Balaban J connectivity index is 0.00000176. The summed E-state index contributed by atoms with van der Waals surface area (Å²) in [5.41, 5.74) is 1.39. The van der Waals surface area contributed by atoms with E-state index in [9.17, 15) is 13.2 Å². The van der Waals surface area contributed by atoms with Crippen LogP contribution in [0.3, 0.4) is 0 Å². The normalized spacial score (nSPS) is 19.5. The molecule has 0 aliphatic carbocycles. The van der Waals surface area contributed by atoms with Gasteiger partial charge in [0.2, 0.25) is 10.0 Å². The summed E-state index contributed by atoms with van der Waals surface area (Å²) in [5.74, 6) is -0.189. The third kappa shape index (κ3) is 3.27. The molecule has 0 aromatic heterocycles. The Morgan fingerprint density at radius 3 is 2.73 bits per heavy atom. The molecule has 0 bridgehead atoms. The van der Waals surface area contributed by atoms with E-state index in [-0.39, 0.29) is 23.2 Å². The van der Waals surface area contributed by atoms with Crippen molar-refractivity contribution in [3.05, 3.63) is 29.3 Å². The van der Waals surface area contributed by atoms with Crippen LogP contribution in [0.4, 0.5) is 0 Å². The quantitative estimate of drug-likeness (QED) is 0.812. The van der Waals surface area contributed by atoms with E-state index >= 15 is 0 Å². The van der Waals surface area contributed by atoms with Crippen LogP contribution < -0.4 is 10.6 Å². The summed E-state index contributed by atoms with van der Waals surface area (Å²) >= 11 is 0. The van der Waals surface area contributed by atoms with Crippen LogP contribution in [0.2, 0.25) is 0 Å². The summed E-state index contributed by atoms with van der Waals surface area (Å²) in [6.07, 6.45) is 1.54. The molecule has 1 fully saturated rings. The molecule has 3 rings (SSSR count). The Morgan fingerprint density at radius 1 is 1.09 bits per heavy atom. The lowest BCUT2D eigenvalue weighted by molar-refractivity contribution is 0.0945. The van der Waals surface area contributed by atoms with E-state index in [2.05, 4.69) is 10.6 Å². The number of hydrogen-bond donors (Lipinski definition) is 2. The highest BCUT2D eigenvalue weighted by molar-refractivity contribution is 7.89. The maximum Gasteiger partial charge on any atom is 0.251 e. The number of nitrogens with one attached hydrogen (secondary N) is 2. The van der Waals surface area contributed by atoms with Crippen LogP contribution in [0.5, 0.6) is 0 Å². The maximum absolute atomic E-state index is 12.7. The van der Waals surface area contributed by atoms with E-state index in [1.165, 1.54) is 10.4 Å². The second kappa shape index (κ2) is 6.95. The summed E-state index contributed by atoms with van der Waals surface area (Å²) in [6.45, 7) is 3.07. The van der Waals surface area contributed by atoms with Gasteiger partial charge in [0, 0.05) is 31.7 Å². The van der Waals surface area contributed by atoms with Crippen LogP contribution >= 0.6 is 12.4 Å². The number of rotatable bonds is 2. The minimum Gasteiger partial charge on any atom is -0.352 e. The molecule has 0 radical (unpaired) electrons. The highest BCUT2D eigenvalue weighted by Crippen LogP contribution is 2.22. The van der Waals surface area contributed by atoms with Crippen molar-refractivity contribution in [2.75, 3.05) is 32.7 Å². The van der Waals surface area contributed by atoms with E-state index in [1.807, 2.05) is 0 Å². The SMILES string of the molecule is Cl.O=C1NCCc2ccc(S(=O)(=O)N3CCCNCC3)cc21. The van der Waals surface area contributed by atoms with Gasteiger partial charge in [0.1, 0.15) is 0 Å². The van der Waals surface area contributed by atoms with Crippen LogP contribution in [-0.2, 0) is 16.4 Å².